The average molecular weight is 437 g/mol. The molecule has 0 fully saturated rings. The Morgan fingerprint density at radius 2 is 2.06 bits per heavy atom. The molecule has 0 unspecified atom stereocenters. The van der Waals surface area contributed by atoms with Crippen LogP contribution in [-0.4, -0.2) is 45.6 Å². The highest BCUT2D eigenvalue weighted by atomic mass is 16.4. The summed E-state index contributed by atoms with van der Waals surface area (Å²) in [5, 5.41) is 27.3. The van der Waals surface area contributed by atoms with E-state index in [1.807, 2.05) is 32.1 Å². The summed E-state index contributed by atoms with van der Waals surface area (Å²) in [6, 6.07) is 5.29. The molecule has 1 aliphatic rings. The van der Waals surface area contributed by atoms with Gasteiger partial charge in [0.2, 0.25) is 0 Å². The second-order valence-corrected chi connectivity index (χ2v) is 6.29. The van der Waals surface area contributed by atoms with Gasteiger partial charge in [0.25, 0.3) is 5.91 Å². The van der Waals surface area contributed by atoms with E-state index in [0.717, 1.165) is 17.5 Å². The normalized spacial score (nSPS) is 13.3. The number of hydrazone groups is 1. The van der Waals surface area contributed by atoms with Gasteiger partial charge in [0.1, 0.15) is 6.54 Å². The number of aliphatic hydroxyl groups excluding tert-OH is 1. The number of carbonyl (C=O) groups is 2. The SMILES string of the molecule is C#CCC.C=CN=C(/C=C\C)c1cccc2c1CN(/N=C\C)C(C(=O)NCC(=O)O)=C2O. The lowest BCUT2D eigenvalue weighted by molar-refractivity contribution is -0.137. The van der Waals surface area contributed by atoms with E-state index in [9.17, 15) is 14.7 Å². The van der Waals surface area contributed by atoms with E-state index in [1.165, 1.54) is 17.4 Å². The Morgan fingerprint density at radius 3 is 2.59 bits per heavy atom. The standard InChI is InChI=1S/C20H22N4O4.C4H6/c1-4-8-16(21-5-2)13-9-7-10-14-15(13)12-24(23-6-3)18(19(14)27)20(28)22-11-17(25)26;1-3-4-2/h4-10,27H,2,11-12H2,1,3H3,(H,22,28)(H,25,26);1H,4H2,2H3/b8-4-,21-16?,23-6-;. The van der Waals surface area contributed by atoms with Crippen molar-refractivity contribution < 1.29 is 19.8 Å². The number of hydrogen-bond donors (Lipinski definition) is 3. The highest BCUT2D eigenvalue weighted by Crippen LogP contribution is 2.33. The van der Waals surface area contributed by atoms with Crippen LogP contribution in [0, 0.1) is 12.3 Å². The number of aliphatic hydroxyl groups is 1. The fourth-order valence-corrected chi connectivity index (χ4v) is 2.86. The molecule has 0 aliphatic carbocycles. The molecule has 8 nitrogen and oxygen atoms in total. The summed E-state index contributed by atoms with van der Waals surface area (Å²) in [5.74, 6) is 0.235. The lowest BCUT2D eigenvalue weighted by Crippen LogP contribution is -2.38. The molecular weight excluding hydrogens is 408 g/mol. The van der Waals surface area contributed by atoms with Gasteiger partial charge in [-0.25, -0.2) is 0 Å². The van der Waals surface area contributed by atoms with Gasteiger partial charge in [0.05, 0.1) is 12.3 Å². The number of hydrogen-bond acceptors (Lipinski definition) is 6. The molecule has 0 radical (unpaired) electrons. The van der Waals surface area contributed by atoms with E-state index in [1.54, 1.807) is 19.1 Å². The van der Waals surface area contributed by atoms with Gasteiger partial charge in [-0.2, -0.15) is 5.10 Å². The quantitative estimate of drug-likeness (QED) is 0.447. The minimum atomic E-state index is -1.19. The number of aliphatic imine (C=N–C) groups is 1. The maximum absolute atomic E-state index is 12.5. The number of carboxylic acid groups (broad SMARTS) is 1. The number of benzene rings is 1. The molecule has 2 rings (SSSR count). The Hall–Kier alpha value is -4.12. The van der Waals surface area contributed by atoms with Crippen molar-refractivity contribution in [2.24, 2.45) is 10.1 Å². The smallest absolute Gasteiger partial charge is 0.322 e. The monoisotopic (exact) mass is 436 g/mol. The highest BCUT2D eigenvalue weighted by Gasteiger charge is 2.31. The van der Waals surface area contributed by atoms with Gasteiger partial charge < -0.3 is 15.5 Å². The number of carbonyl (C=O) groups excluding carboxylic acids is 1. The minimum absolute atomic E-state index is 0.114. The first kappa shape index (κ1) is 25.9. The van der Waals surface area contributed by atoms with Gasteiger partial charge in [-0.05, 0) is 25.5 Å². The van der Waals surface area contributed by atoms with E-state index in [-0.39, 0.29) is 18.0 Å². The first-order chi connectivity index (χ1) is 15.4. The summed E-state index contributed by atoms with van der Waals surface area (Å²) in [5.41, 5.74) is 2.50. The van der Waals surface area contributed by atoms with Crippen LogP contribution < -0.4 is 5.32 Å². The molecule has 3 N–H and O–H groups in total. The Balaban J connectivity index is 0.00000118. The van der Waals surface area contributed by atoms with Crippen LogP contribution in [0.3, 0.4) is 0 Å². The maximum atomic E-state index is 12.5. The molecule has 0 atom stereocenters. The van der Waals surface area contributed by atoms with Crippen molar-refractivity contribution in [1.82, 2.24) is 10.3 Å². The van der Waals surface area contributed by atoms with E-state index < -0.39 is 18.4 Å². The van der Waals surface area contributed by atoms with Gasteiger partial charge in [-0.3, -0.25) is 19.6 Å². The number of amides is 1. The van der Waals surface area contributed by atoms with Crippen molar-refractivity contribution in [3.8, 4) is 12.3 Å². The Kier molecular flexibility index (Phi) is 10.7. The number of allylic oxidation sites excluding steroid dienone is 2. The lowest BCUT2D eigenvalue weighted by atomic mass is 9.92. The number of rotatable bonds is 7. The molecule has 0 aromatic heterocycles. The first-order valence-electron chi connectivity index (χ1n) is 9.92. The molecule has 1 aromatic carbocycles. The molecule has 0 saturated carbocycles. The second kappa shape index (κ2) is 13.2. The van der Waals surface area contributed by atoms with Crippen LogP contribution in [-0.2, 0) is 16.1 Å². The predicted molar refractivity (Wildman–Crippen MR) is 127 cm³/mol. The summed E-state index contributed by atoms with van der Waals surface area (Å²) < 4.78 is 0. The van der Waals surface area contributed by atoms with Gasteiger partial charge in [0.15, 0.2) is 11.5 Å². The Bertz CT molecular complexity index is 1010. The van der Waals surface area contributed by atoms with E-state index in [0.29, 0.717) is 11.3 Å². The van der Waals surface area contributed by atoms with Crippen molar-refractivity contribution in [2.45, 2.75) is 33.7 Å². The number of nitrogens with one attached hydrogen (secondary N) is 1. The summed E-state index contributed by atoms with van der Waals surface area (Å²) in [6.45, 7) is 8.75. The van der Waals surface area contributed by atoms with Crippen molar-refractivity contribution >= 4 is 29.6 Å². The predicted octanol–water partition coefficient (Wildman–Crippen LogP) is 3.47. The molecule has 168 valence electrons. The van der Waals surface area contributed by atoms with Crippen LogP contribution in [0.15, 0.2) is 58.9 Å². The lowest BCUT2D eigenvalue weighted by Gasteiger charge is -2.29. The van der Waals surface area contributed by atoms with Crippen LogP contribution in [0.1, 0.15) is 43.9 Å². The van der Waals surface area contributed by atoms with Crippen LogP contribution in [0.4, 0.5) is 0 Å². The van der Waals surface area contributed by atoms with E-state index in [4.69, 9.17) is 11.5 Å². The van der Waals surface area contributed by atoms with Crippen LogP contribution >= 0.6 is 0 Å². The summed E-state index contributed by atoms with van der Waals surface area (Å²) >= 11 is 0. The summed E-state index contributed by atoms with van der Waals surface area (Å²) in [7, 11) is 0. The second-order valence-electron chi connectivity index (χ2n) is 6.29. The molecule has 1 aromatic rings. The molecule has 0 bridgehead atoms. The van der Waals surface area contributed by atoms with Crippen LogP contribution in [0.2, 0.25) is 0 Å². The Labute approximate surface area is 188 Å². The molecule has 8 heteroatoms. The fourth-order valence-electron chi connectivity index (χ4n) is 2.86. The topological polar surface area (TPSA) is 115 Å². The van der Waals surface area contributed by atoms with Crippen molar-refractivity contribution in [1.29, 1.82) is 0 Å². The van der Waals surface area contributed by atoms with Crippen molar-refractivity contribution in [3.63, 3.8) is 0 Å². The van der Waals surface area contributed by atoms with Gasteiger partial charge in [-0.1, -0.05) is 37.8 Å². The molecule has 1 aliphatic heterocycles. The van der Waals surface area contributed by atoms with Gasteiger partial charge >= 0.3 is 5.97 Å². The minimum Gasteiger partial charge on any atom is -0.505 e. The van der Waals surface area contributed by atoms with E-state index in [2.05, 4.69) is 27.9 Å². The molecule has 1 amide bonds. The molecule has 1 heterocycles. The van der Waals surface area contributed by atoms with Crippen molar-refractivity contribution in [2.75, 3.05) is 6.54 Å². The fraction of sp³-hybridized carbons (Fsp3) is 0.250. The van der Waals surface area contributed by atoms with Gasteiger partial charge in [-0.15, -0.1) is 12.3 Å². The maximum Gasteiger partial charge on any atom is 0.322 e. The van der Waals surface area contributed by atoms with E-state index >= 15 is 0 Å². The number of carboxylic acids is 1. The molecular formula is C24H28N4O4. The first-order valence-corrected chi connectivity index (χ1v) is 9.92. The zero-order chi connectivity index (χ0) is 24.1. The zero-order valence-corrected chi connectivity index (χ0v) is 18.5. The number of aliphatic carboxylic acids is 1. The molecule has 0 spiro atoms. The van der Waals surface area contributed by atoms with Gasteiger partial charge in [0, 0.05) is 30.0 Å². The largest absolute Gasteiger partial charge is 0.505 e. The molecule has 32 heavy (non-hydrogen) atoms. The zero-order valence-electron chi connectivity index (χ0n) is 18.5. The summed E-state index contributed by atoms with van der Waals surface area (Å²) in [6.07, 6.45) is 12.2. The van der Waals surface area contributed by atoms with Crippen LogP contribution in [0.5, 0.6) is 0 Å². The van der Waals surface area contributed by atoms with Crippen LogP contribution in [0.25, 0.3) is 5.76 Å². The number of nitrogens with zero attached hydrogens (tertiary/aromatic N) is 3. The average Bonchev–Trinajstić information content (AvgIpc) is 2.77. The third-order valence-electron chi connectivity index (χ3n) is 4.13. The number of fused-ring (bicyclic) bond motifs is 1. The Morgan fingerprint density at radius 1 is 1.38 bits per heavy atom. The third-order valence-corrected chi connectivity index (χ3v) is 4.13. The molecule has 0 saturated heterocycles. The highest BCUT2D eigenvalue weighted by molar-refractivity contribution is 6.11. The third kappa shape index (κ3) is 6.71. The summed E-state index contributed by atoms with van der Waals surface area (Å²) in [4.78, 5) is 27.5. The number of terminal acetylenes is 1. The van der Waals surface area contributed by atoms with Crippen molar-refractivity contribution in [3.05, 3.63) is 65.5 Å².